The lowest BCUT2D eigenvalue weighted by Gasteiger charge is -2.43. The molecule has 2 rings (SSSR count). The average molecular weight is 183 g/mol. The maximum atomic E-state index is 11.3. The van der Waals surface area contributed by atoms with Crippen LogP contribution in [0, 0.1) is 11.3 Å². The van der Waals surface area contributed by atoms with Crippen LogP contribution in [0.4, 0.5) is 0 Å². The highest BCUT2D eigenvalue weighted by Gasteiger charge is 2.50. The van der Waals surface area contributed by atoms with Crippen LogP contribution in [-0.4, -0.2) is 25.7 Å². The Morgan fingerprint density at radius 3 is 3.08 bits per heavy atom. The van der Waals surface area contributed by atoms with Gasteiger partial charge in [0.2, 0.25) is 0 Å². The van der Waals surface area contributed by atoms with E-state index in [1.165, 1.54) is 12.8 Å². The summed E-state index contributed by atoms with van der Waals surface area (Å²) in [5.74, 6) is 0.716. The fraction of sp³-hybridized carbons (Fsp3) is 0.900. The van der Waals surface area contributed by atoms with Gasteiger partial charge in [0.05, 0.1) is 13.0 Å². The zero-order valence-electron chi connectivity index (χ0n) is 8.14. The molecule has 2 aliphatic rings. The first-order valence-corrected chi connectivity index (χ1v) is 5.13. The molecule has 1 heterocycles. The van der Waals surface area contributed by atoms with Crippen molar-refractivity contribution in [2.75, 3.05) is 19.7 Å². The molecule has 1 aliphatic heterocycles. The molecule has 2 fully saturated rings. The van der Waals surface area contributed by atoms with E-state index in [1.54, 1.807) is 0 Å². The van der Waals surface area contributed by atoms with Gasteiger partial charge in [0.15, 0.2) is 0 Å². The molecule has 3 heteroatoms. The molecule has 74 valence electrons. The van der Waals surface area contributed by atoms with Crippen molar-refractivity contribution >= 4 is 5.97 Å². The normalized spacial score (nSPS) is 36.5. The molecule has 0 amide bonds. The second-order valence-electron chi connectivity index (χ2n) is 4.21. The van der Waals surface area contributed by atoms with Crippen molar-refractivity contribution in [2.45, 2.75) is 26.2 Å². The molecule has 0 aromatic rings. The minimum Gasteiger partial charge on any atom is -0.466 e. The summed E-state index contributed by atoms with van der Waals surface area (Å²) in [5.41, 5.74) is 0.270. The molecule has 1 aliphatic carbocycles. The van der Waals surface area contributed by atoms with Gasteiger partial charge in [0.25, 0.3) is 0 Å². The monoisotopic (exact) mass is 183 g/mol. The van der Waals surface area contributed by atoms with Gasteiger partial charge in [-0.15, -0.1) is 0 Å². The molecule has 0 radical (unpaired) electrons. The van der Waals surface area contributed by atoms with E-state index in [0.29, 0.717) is 13.0 Å². The Morgan fingerprint density at radius 1 is 1.69 bits per heavy atom. The van der Waals surface area contributed by atoms with Crippen LogP contribution in [0.15, 0.2) is 0 Å². The maximum absolute atomic E-state index is 11.3. The number of carbonyl (C=O) groups excluding carboxylic acids is 1. The van der Waals surface area contributed by atoms with E-state index in [9.17, 15) is 4.79 Å². The minimum atomic E-state index is -0.0177. The van der Waals surface area contributed by atoms with Crippen molar-refractivity contribution in [3.05, 3.63) is 0 Å². The van der Waals surface area contributed by atoms with E-state index in [4.69, 9.17) is 4.74 Å². The molecule has 0 bridgehead atoms. The summed E-state index contributed by atoms with van der Waals surface area (Å²) in [6.07, 6.45) is 3.11. The number of carbonyl (C=O) groups is 1. The third-order valence-electron chi connectivity index (χ3n) is 3.53. The maximum Gasteiger partial charge on any atom is 0.306 e. The lowest BCUT2D eigenvalue weighted by molar-refractivity contribution is -0.148. The van der Waals surface area contributed by atoms with Gasteiger partial charge >= 0.3 is 5.97 Å². The van der Waals surface area contributed by atoms with Crippen LogP contribution >= 0.6 is 0 Å². The number of hydrogen-bond donors (Lipinski definition) is 1. The molecule has 2 atom stereocenters. The molecule has 1 saturated carbocycles. The summed E-state index contributed by atoms with van der Waals surface area (Å²) >= 11 is 0. The summed E-state index contributed by atoms with van der Waals surface area (Å²) in [4.78, 5) is 11.3. The van der Waals surface area contributed by atoms with E-state index in [-0.39, 0.29) is 11.4 Å². The minimum absolute atomic E-state index is 0.0177. The Balaban J connectivity index is 1.89. The van der Waals surface area contributed by atoms with Crippen molar-refractivity contribution in [1.82, 2.24) is 5.32 Å². The van der Waals surface area contributed by atoms with Crippen molar-refractivity contribution in [1.29, 1.82) is 0 Å². The number of esters is 1. The SMILES string of the molecule is CCOC(=O)CC12CCC1CNC2. The van der Waals surface area contributed by atoms with Crippen LogP contribution < -0.4 is 5.32 Å². The molecule has 1 N–H and O–H groups in total. The van der Waals surface area contributed by atoms with Crippen molar-refractivity contribution < 1.29 is 9.53 Å². The summed E-state index contributed by atoms with van der Waals surface area (Å²) in [7, 11) is 0. The van der Waals surface area contributed by atoms with Gasteiger partial charge in [-0.2, -0.15) is 0 Å². The second-order valence-corrected chi connectivity index (χ2v) is 4.21. The van der Waals surface area contributed by atoms with Gasteiger partial charge in [-0.05, 0) is 37.6 Å². The molecule has 0 spiro atoms. The van der Waals surface area contributed by atoms with Gasteiger partial charge < -0.3 is 10.1 Å². The van der Waals surface area contributed by atoms with Gasteiger partial charge in [-0.25, -0.2) is 0 Å². The smallest absolute Gasteiger partial charge is 0.306 e. The quantitative estimate of drug-likeness (QED) is 0.662. The van der Waals surface area contributed by atoms with Gasteiger partial charge in [-0.3, -0.25) is 4.79 Å². The van der Waals surface area contributed by atoms with E-state index < -0.39 is 0 Å². The van der Waals surface area contributed by atoms with Crippen LogP contribution in [0.25, 0.3) is 0 Å². The highest BCUT2D eigenvalue weighted by molar-refractivity contribution is 5.70. The molecular weight excluding hydrogens is 166 g/mol. The first-order chi connectivity index (χ1) is 6.27. The molecule has 3 nitrogen and oxygen atoms in total. The Kier molecular flexibility index (Phi) is 2.28. The van der Waals surface area contributed by atoms with Crippen molar-refractivity contribution in [3.63, 3.8) is 0 Å². The lowest BCUT2D eigenvalue weighted by Crippen LogP contribution is -2.41. The van der Waals surface area contributed by atoms with E-state index in [0.717, 1.165) is 19.0 Å². The third-order valence-corrected chi connectivity index (χ3v) is 3.53. The topological polar surface area (TPSA) is 38.3 Å². The summed E-state index contributed by atoms with van der Waals surface area (Å²) in [6, 6.07) is 0. The van der Waals surface area contributed by atoms with Crippen LogP contribution in [0.5, 0.6) is 0 Å². The van der Waals surface area contributed by atoms with Crippen molar-refractivity contribution in [3.8, 4) is 0 Å². The summed E-state index contributed by atoms with van der Waals surface area (Å²) < 4.78 is 4.98. The number of hydrogen-bond acceptors (Lipinski definition) is 3. The van der Waals surface area contributed by atoms with Gasteiger partial charge in [0.1, 0.15) is 0 Å². The summed E-state index contributed by atoms with van der Waals surface area (Å²) in [5, 5.41) is 3.36. The molecule has 13 heavy (non-hydrogen) atoms. The molecule has 0 aromatic carbocycles. The lowest BCUT2D eigenvalue weighted by atomic mass is 9.60. The molecule has 2 unspecified atom stereocenters. The zero-order chi connectivity index (χ0) is 9.31. The number of rotatable bonds is 3. The Hall–Kier alpha value is -0.570. The first kappa shape index (κ1) is 9.00. The van der Waals surface area contributed by atoms with Crippen molar-refractivity contribution in [2.24, 2.45) is 11.3 Å². The van der Waals surface area contributed by atoms with E-state index in [1.807, 2.05) is 6.92 Å². The molecule has 1 saturated heterocycles. The van der Waals surface area contributed by atoms with Crippen LogP contribution in [0.2, 0.25) is 0 Å². The Morgan fingerprint density at radius 2 is 2.54 bits per heavy atom. The van der Waals surface area contributed by atoms with Crippen LogP contribution in [-0.2, 0) is 9.53 Å². The Labute approximate surface area is 78.8 Å². The fourth-order valence-corrected chi connectivity index (χ4v) is 2.60. The predicted molar refractivity (Wildman–Crippen MR) is 49.3 cm³/mol. The fourth-order valence-electron chi connectivity index (χ4n) is 2.60. The Bertz CT molecular complexity index is 217. The number of nitrogens with one attached hydrogen (secondary N) is 1. The number of ether oxygens (including phenoxy) is 1. The summed E-state index contributed by atoms with van der Waals surface area (Å²) in [6.45, 7) is 4.48. The molecular formula is C10H17NO2. The van der Waals surface area contributed by atoms with E-state index >= 15 is 0 Å². The number of fused-ring (bicyclic) bond motifs is 1. The average Bonchev–Trinajstić information content (AvgIpc) is 2.32. The molecule has 0 aromatic heterocycles. The standard InChI is InChI=1S/C10H17NO2/c1-2-13-9(12)5-10-4-3-8(10)6-11-7-10/h8,11H,2-7H2,1H3. The van der Waals surface area contributed by atoms with Gasteiger partial charge in [-0.1, -0.05) is 0 Å². The second kappa shape index (κ2) is 3.29. The van der Waals surface area contributed by atoms with Crippen LogP contribution in [0.1, 0.15) is 26.2 Å². The highest BCUT2D eigenvalue weighted by Crippen LogP contribution is 2.51. The third kappa shape index (κ3) is 1.46. The highest BCUT2D eigenvalue weighted by atomic mass is 16.5. The van der Waals surface area contributed by atoms with E-state index in [2.05, 4.69) is 5.32 Å². The van der Waals surface area contributed by atoms with Crippen LogP contribution in [0.3, 0.4) is 0 Å². The predicted octanol–water partition coefficient (Wildman–Crippen LogP) is 0.939. The zero-order valence-corrected chi connectivity index (χ0v) is 8.14. The first-order valence-electron chi connectivity index (χ1n) is 5.13. The van der Waals surface area contributed by atoms with Gasteiger partial charge in [0, 0.05) is 6.54 Å². The largest absolute Gasteiger partial charge is 0.466 e.